The van der Waals surface area contributed by atoms with Crippen LogP contribution < -0.4 is 4.74 Å². The molecule has 0 saturated heterocycles. The van der Waals surface area contributed by atoms with Crippen LogP contribution in [0.3, 0.4) is 0 Å². The van der Waals surface area contributed by atoms with E-state index < -0.39 is 33.5 Å². The van der Waals surface area contributed by atoms with Crippen molar-refractivity contribution in [2.24, 2.45) is 0 Å². The number of phosphoric acid groups is 1. The lowest BCUT2D eigenvalue weighted by atomic mass is 10.1. The van der Waals surface area contributed by atoms with Gasteiger partial charge in [-0.1, -0.05) is 29.8 Å². The van der Waals surface area contributed by atoms with E-state index in [4.69, 9.17) is 27.8 Å². The Kier molecular flexibility index (Phi) is 10.2. The summed E-state index contributed by atoms with van der Waals surface area (Å²) < 4.78 is 45.2. The van der Waals surface area contributed by atoms with Crippen LogP contribution in [-0.4, -0.2) is 55.8 Å². The Morgan fingerprint density at radius 1 is 0.973 bits per heavy atom. The molecular weight excluding hydrogens is 503 g/mol. The van der Waals surface area contributed by atoms with Gasteiger partial charge in [0.1, 0.15) is 12.5 Å². The van der Waals surface area contributed by atoms with Crippen molar-refractivity contribution in [1.82, 2.24) is 9.47 Å². The summed E-state index contributed by atoms with van der Waals surface area (Å²) in [5, 5.41) is 1.05. The van der Waals surface area contributed by atoms with E-state index >= 15 is 0 Å². The second-order valence-corrected chi connectivity index (χ2v) is 10.0. The minimum Gasteiger partial charge on any atom is -0.438 e. The Balaban J connectivity index is 1.68. The number of para-hydroxylation sites is 1. The number of fused-ring (bicyclic) bond motifs is 1. The van der Waals surface area contributed by atoms with Gasteiger partial charge in [0.15, 0.2) is 0 Å². The normalized spacial score (nSPS) is 12.9. The number of likely N-dealkylation sites (N-methyl/N-ethyl adjacent to an activating group) is 1. The highest BCUT2D eigenvalue weighted by Crippen LogP contribution is 2.50. The molecule has 3 aromatic rings. The van der Waals surface area contributed by atoms with Crippen molar-refractivity contribution in [1.29, 1.82) is 0 Å². The quantitative estimate of drug-likeness (QED) is 0.130. The summed E-state index contributed by atoms with van der Waals surface area (Å²) in [6.07, 6.45) is 1.64. The fourth-order valence-electron chi connectivity index (χ4n) is 3.31. The van der Waals surface area contributed by atoms with E-state index in [1.54, 1.807) is 34.9 Å². The Labute approximate surface area is 215 Å². The Hall–Kier alpha value is -3.21. The number of nitrogens with zero attached hydrogens (tertiary/aromatic N) is 2. The minimum absolute atomic E-state index is 0.201. The molecule has 3 rings (SSSR count). The molecule has 0 saturated carbocycles. The number of phosphoric ester groups is 1. The van der Waals surface area contributed by atoms with E-state index in [-0.39, 0.29) is 12.5 Å². The smallest absolute Gasteiger partial charge is 0.438 e. The van der Waals surface area contributed by atoms with Gasteiger partial charge in [-0.25, -0.2) is 18.4 Å². The number of carbonyl (C=O) groups excluding carboxylic acids is 2. The molecule has 2 aromatic carbocycles. The van der Waals surface area contributed by atoms with Crippen LogP contribution in [0.25, 0.3) is 10.9 Å². The number of hydrogen-bond donors (Lipinski definition) is 0. The van der Waals surface area contributed by atoms with Gasteiger partial charge in [0.2, 0.25) is 13.6 Å². The van der Waals surface area contributed by atoms with Crippen molar-refractivity contribution in [3.05, 3.63) is 65.9 Å². The van der Waals surface area contributed by atoms with Gasteiger partial charge in [0.25, 0.3) is 0 Å². The number of carbonyl (C=O) groups is 2. The molecule has 1 unspecified atom stereocenters. The summed E-state index contributed by atoms with van der Waals surface area (Å²) in [4.78, 5) is 25.1. The zero-order chi connectivity index (χ0) is 26.8. The summed E-state index contributed by atoms with van der Waals surface area (Å²) in [5.74, 6) is -0.385. The van der Waals surface area contributed by atoms with Crippen molar-refractivity contribution < 1.29 is 41.9 Å². The van der Waals surface area contributed by atoms with Gasteiger partial charge in [0.05, 0.1) is 5.52 Å². The molecule has 0 amide bonds. The van der Waals surface area contributed by atoms with Crippen molar-refractivity contribution in [2.45, 2.75) is 27.0 Å². The molecule has 1 atom stereocenters. The van der Waals surface area contributed by atoms with E-state index in [0.29, 0.717) is 0 Å². The van der Waals surface area contributed by atoms with Gasteiger partial charge in [-0.2, -0.15) is 0 Å². The van der Waals surface area contributed by atoms with Crippen LogP contribution in [0.5, 0.6) is 5.75 Å². The fourth-order valence-corrected chi connectivity index (χ4v) is 4.16. The SMILES string of the molecule is CC(=O)OCOP(=O)(OCOC(=O)Oc1ccccc1)OCn1cc(CCN(C)C)c2cc(C)ccc21. The van der Waals surface area contributed by atoms with Crippen molar-refractivity contribution >= 4 is 30.9 Å². The molecular formula is C25H31N2O9P. The maximum absolute atomic E-state index is 13.2. The average molecular weight is 535 g/mol. The lowest BCUT2D eigenvalue weighted by molar-refractivity contribution is -0.148. The lowest BCUT2D eigenvalue weighted by Gasteiger charge is -2.18. The van der Waals surface area contributed by atoms with Crippen molar-refractivity contribution in [3.63, 3.8) is 0 Å². The second kappa shape index (κ2) is 13.4. The highest BCUT2D eigenvalue weighted by Gasteiger charge is 2.29. The van der Waals surface area contributed by atoms with Gasteiger partial charge < -0.3 is 23.7 Å². The molecule has 0 N–H and O–H groups in total. The van der Waals surface area contributed by atoms with E-state index in [9.17, 15) is 14.2 Å². The zero-order valence-electron chi connectivity index (χ0n) is 21.2. The minimum atomic E-state index is -4.33. The summed E-state index contributed by atoms with van der Waals surface area (Å²) in [5.41, 5.74) is 3.07. The van der Waals surface area contributed by atoms with Gasteiger partial charge in [-0.3, -0.25) is 9.32 Å². The van der Waals surface area contributed by atoms with Crippen LogP contribution in [0.4, 0.5) is 4.79 Å². The van der Waals surface area contributed by atoms with Crippen LogP contribution in [0.15, 0.2) is 54.7 Å². The number of hydrogen-bond acceptors (Lipinski definition) is 10. The van der Waals surface area contributed by atoms with Crippen molar-refractivity contribution in [3.8, 4) is 5.75 Å². The first kappa shape index (κ1) is 28.4. The third-order valence-corrected chi connectivity index (χ3v) is 6.38. The fraction of sp³-hybridized carbons (Fsp3) is 0.360. The third kappa shape index (κ3) is 8.99. The predicted octanol–water partition coefficient (Wildman–Crippen LogP) is 4.86. The molecule has 37 heavy (non-hydrogen) atoms. The largest absolute Gasteiger partial charge is 0.515 e. The molecule has 1 aromatic heterocycles. The first-order valence-corrected chi connectivity index (χ1v) is 12.9. The molecule has 11 nitrogen and oxygen atoms in total. The maximum Gasteiger partial charge on any atom is 0.515 e. The maximum atomic E-state index is 13.2. The number of aromatic nitrogens is 1. The molecule has 0 aliphatic rings. The molecule has 0 fully saturated rings. The highest BCUT2D eigenvalue weighted by atomic mass is 31.2. The molecule has 12 heteroatoms. The number of ether oxygens (including phenoxy) is 3. The Bertz CT molecular complexity index is 1240. The zero-order valence-corrected chi connectivity index (χ0v) is 22.1. The molecule has 0 spiro atoms. The first-order chi connectivity index (χ1) is 17.6. The van der Waals surface area contributed by atoms with Crippen LogP contribution in [-0.2, 0) is 45.6 Å². The standard InChI is InChI=1S/C25H31N2O9P/c1-19-10-11-24-23(14-19)21(12-13-26(3)4)15-27(24)16-33-37(30,34-17-31-20(2)28)35-18-32-25(29)36-22-8-6-5-7-9-22/h5-11,14-15H,12-13,16-18H2,1-4H3. The molecule has 0 bridgehead atoms. The molecule has 0 aliphatic heterocycles. The summed E-state index contributed by atoms with van der Waals surface area (Å²) >= 11 is 0. The van der Waals surface area contributed by atoms with E-state index in [1.807, 2.05) is 39.3 Å². The van der Waals surface area contributed by atoms with Crippen LogP contribution >= 0.6 is 7.82 Å². The summed E-state index contributed by atoms with van der Waals surface area (Å²) in [7, 11) is -0.329. The second-order valence-electron chi connectivity index (χ2n) is 8.34. The van der Waals surface area contributed by atoms with Gasteiger partial charge in [-0.05, 0) is 57.3 Å². The molecule has 0 radical (unpaired) electrons. The van der Waals surface area contributed by atoms with Crippen LogP contribution in [0, 0.1) is 6.92 Å². The first-order valence-electron chi connectivity index (χ1n) is 11.4. The lowest BCUT2D eigenvalue weighted by Crippen LogP contribution is -2.15. The van der Waals surface area contributed by atoms with Gasteiger partial charge in [0, 0.05) is 25.1 Å². The Morgan fingerprint density at radius 2 is 1.68 bits per heavy atom. The topological polar surface area (TPSA) is 115 Å². The monoisotopic (exact) mass is 534 g/mol. The summed E-state index contributed by atoms with van der Waals surface area (Å²) in [6.45, 7) is 2.35. The third-order valence-electron chi connectivity index (χ3n) is 5.11. The van der Waals surface area contributed by atoms with Crippen LogP contribution in [0.2, 0.25) is 0 Å². The molecule has 0 aliphatic carbocycles. The number of rotatable bonds is 13. The van der Waals surface area contributed by atoms with Gasteiger partial charge in [-0.15, -0.1) is 0 Å². The number of benzene rings is 2. The highest BCUT2D eigenvalue weighted by molar-refractivity contribution is 7.48. The van der Waals surface area contributed by atoms with Crippen molar-refractivity contribution in [2.75, 3.05) is 34.2 Å². The van der Waals surface area contributed by atoms with E-state index in [1.165, 1.54) is 6.92 Å². The van der Waals surface area contributed by atoms with E-state index in [2.05, 4.69) is 11.0 Å². The average Bonchev–Trinajstić information content (AvgIpc) is 3.18. The number of esters is 1. The summed E-state index contributed by atoms with van der Waals surface area (Å²) in [6, 6.07) is 14.2. The Morgan fingerprint density at radius 3 is 2.35 bits per heavy atom. The van der Waals surface area contributed by atoms with E-state index in [0.717, 1.165) is 35.0 Å². The molecule has 1 heterocycles. The predicted molar refractivity (Wildman–Crippen MR) is 135 cm³/mol. The number of aryl methyl sites for hydroxylation is 1. The van der Waals surface area contributed by atoms with Crippen LogP contribution in [0.1, 0.15) is 18.1 Å². The molecule has 200 valence electrons. The van der Waals surface area contributed by atoms with Gasteiger partial charge >= 0.3 is 19.9 Å².